The van der Waals surface area contributed by atoms with E-state index in [1.54, 1.807) is 12.4 Å². The molecule has 2 atom stereocenters. The molecule has 1 saturated carbocycles. The fraction of sp³-hybridized carbons (Fsp3) is 0.323. The molecule has 1 fully saturated rings. The molecule has 1 spiro atoms. The summed E-state index contributed by atoms with van der Waals surface area (Å²) >= 11 is 0. The minimum atomic E-state index is -0.712. The highest BCUT2D eigenvalue weighted by atomic mass is 19.1. The second-order valence-corrected chi connectivity index (χ2v) is 10.9. The molecule has 0 aliphatic heterocycles. The lowest BCUT2D eigenvalue weighted by Crippen LogP contribution is -2.11. The van der Waals surface area contributed by atoms with Crippen molar-refractivity contribution in [3.63, 3.8) is 0 Å². The number of fused-ring (bicyclic) bond motifs is 2. The Morgan fingerprint density at radius 2 is 1.97 bits per heavy atom. The molecule has 0 bridgehead atoms. The number of hydrogen-bond acceptors (Lipinski definition) is 4. The topological polar surface area (TPSA) is 77.2 Å². The molecule has 6 rings (SSSR count). The number of hydrogen-bond donors (Lipinski definition) is 1. The van der Waals surface area contributed by atoms with Crippen molar-refractivity contribution in [2.45, 2.75) is 58.1 Å². The molecule has 0 amide bonds. The highest BCUT2D eigenvalue weighted by molar-refractivity contribution is 5.82. The molecule has 4 aromatic rings. The number of aromatic nitrogens is 3. The van der Waals surface area contributed by atoms with Crippen LogP contribution in [0.25, 0.3) is 22.5 Å². The fourth-order valence-electron chi connectivity index (χ4n) is 5.95. The number of benzene rings is 3. The number of carbonyl (C=O) groups is 1. The number of aryl methyl sites for hydroxylation is 2. The first-order chi connectivity index (χ1) is 18.3. The minimum absolute atomic E-state index is 0.130. The van der Waals surface area contributed by atoms with Crippen LogP contribution in [0.3, 0.4) is 0 Å². The average Bonchev–Trinajstić information content (AvgIpc) is 3.24. The number of ether oxygens (including phenoxy) is 1. The molecule has 1 aromatic heterocycles. The summed E-state index contributed by atoms with van der Waals surface area (Å²) in [6, 6.07) is 17.2. The number of aliphatic carboxylic acids is 1. The Kier molecular flexibility index (Phi) is 5.82. The van der Waals surface area contributed by atoms with Crippen molar-refractivity contribution >= 4 is 5.97 Å². The monoisotopic (exact) mass is 511 g/mol. The van der Waals surface area contributed by atoms with Gasteiger partial charge in [-0.15, -0.1) is 10.2 Å². The van der Waals surface area contributed by atoms with Crippen LogP contribution in [0.15, 0.2) is 60.9 Å². The van der Waals surface area contributed by atoms with E-state index in [1.165, 1.54) is 11.6 Å². The largest absolute Gasteiger partial charge is 0.489 e. The highest BCUT2D eigenvalue weighted by Gasteiger charge is 2.61. The lowest BCUT2D eigenvalue weighted by atomic mass is 9.95. The van der Waals surface area contributed by atoms with E-state index in [0.29, 0.717) is 24.4 Å². The summed E-state index contributed by atoms with van der Waals surface area (Å²) in [6.45, 7) is 6.38. The number of carboxylic acid groups (broad SMARTS) is 1. The Labute approximate surface area is 221 Å². The van der Waals surface area contributed by atoms with E-state index < -0.39 is 5.97 Å². The molecule has 38 heavy (non-hydrogen) atoms. The van der Waals surface area contributed by atoms with Crippen LogP contribution in [0.2, 0.25) is 0 Å². The molecule has 2 aliphatic rings. The van der Waals surface area contributed by atoms with Crippen molar-refractivity contribution in [3.8, 4) is 28.3 Å². The Hall–Kier alpha value is -4.00. The summed E-state index contributed by atoms with van der Waals surface area (Å²) in [5.74, 6) is 0.0984. The third-order valence-corrected chi connectivity index (χ3v) is 8.10. The van der Waals surface area contributed by atoms with Crippen LogP contribution in [0.1, 0.15) is 55.0 Å². The van der Waals surface area contributed by atoms with Gasteiger partial charge in [0.1, 0.15) is 24.5 Å². The molecule has 7 heteroatoms. The van der Waals surface area contributed by atoms with E-state index >= 15 is 0 Å². The summed E-state index contributed by atoms with van der Waals surface area (Å²) in [5, 5.41) is 18.1. The summed E-state index contributed by atoms with van der Waals surface area (Å²) in [6.07, 6.45) is 4.20. The van der Waals surface area contributed by atoms with E-state index in [9.17, 15) is 14.3 Å². The Balaban J connectivity index is 1.33. The van der Waals surface area contributed by atoms with E-state index in [4.69, 9.17) is 4.74 Å². The van der Waals surface area contributed by atoms with Crippen molar-refractivity contribution in [3.05, 3.63) is 89.0 Å². The van der Waals surface area contributed by atoms with Crippen LogP contribution in [-0.4, -0.2) is 25.8 Å². The zero-order valence-corrected chi connectivity index (χ0v) is 21.7. The van der Waals surface area contributed by atoms with E-state index in [2.05, 4.69) is 30.1 Å². The van der Waals surface area contributed by atoms with E-state index in [1.807, 2.05) is 47.9 Å². The SMILES string of the molecule is Cc1ccc(F)c(-c2ccc(COc3ccc4c(c3)[C@]3(CC4)C[C@H]3C(=O)O)cc2-c2nncn2C(C)C)c1. The van der Waals surface area contributed by atoms with Gasteiger partial charge in [-0.2, -0.15) is 0 Å². The van der Waals surface area contributed by atoms with Crippen LogP contribution >= 0.6 is 0 Å². The van der Waals surface area contributed by atoms with Crippen molar-refractivity contribution in [2.24, 2.45) is 5.92 Å². The van der Waals surface area contributed by atoms with Crippen molar-refractivity contribution in [1.82, 2.24) is 14.8 Å². The molecule has 1 N–H and O–H groups in total. The van der Waals surface area contributed by atoms with Gasteiger partial charge in [-0.1, -0.05) is 29.8 Å². The summed E-state index contributed by atoms with van der Waals surface area (Å²) in [5.41, 5.74) is 6.07. The van der Waals surface area contributed by atoms with Crippen LogP contribution in [0, 0.1) is 18.7 Å². The van der Waals surface area contributed by atoms with Gasteiger partial charge in [0.15, 0.2) is 5.82 Å². The van der Waals surface area contributed by atoms with Gasteiger partial charge in [0.2, 0.25) is 0 Å². The van der Waals surface area contributed by atoms with Crippen molar-refractivity contribution in [1.29, 1.82) is 0 Å². The van der Waals surface area contributed by atoms with Gasteiger partial charge in [0, 0.05) is 22.6 Å². The maximum atomic E-state index is 15.0. The first kappa shape index (κ1) is 24.3. The summed E-state index contributed by atoms with van der Waals surface area (Å²) < 4.78 is 23.1. The molecule has 3 aromatic carbocycles. The van der Waals surface area contributed by atoms with Crippen LogP contribution in [0.5, 0.6) is 5.75 Å². The molecule has 0 radical (unpaired) electrons. The molecule has 6 nitrogen and oxygen atoms in total. The predicted octanol–water partition coefficient (Wildman–Crippen LogP) is 6.51. The number of carboxylic acids is 1. The zero-order chi connectivity index (χ0) is 26.6. The number of nitrogens with zero attached hydrogens (tertiary/aromatic N) is 3. The molecular weight excluding hydrogens is 481 g/mol. The van der Waals surface area contributed by atoms with Crippen LogP contribution in [-0.2, 0) is 23.2 Å². The average molecular weight is 512 g/mol. The molecule has 194 valence electrons. The smallest absolute Gasteiger partial charge is 0.307 e. The first-order valence-corrected chi connectivity index (χ1v) is 13.0. The first-order valence-electron chi connectivity index (χ1n) is 13.0. The lowest BCUT2D eigenvalue weighted by molar-refractivity contribution is -0.139. The lowest BCUT2D eigenvalue weighted by Gasteiger charge is -2.17. The second-order valence-electron chi connectivity index (χ2n) is 10.9. The third kappa shape index (κ3) is 4.06. The zero-order valence-electron chi connectivity index (χ0n) is 21.7. The Bertz CT molecular complexity index is 1560. The van der Waals surface area contributed by atoms with Gasteiger partial charge in [0.05, 0.1) is 5.92 Å². The summed E-state index contributed by atoms with van der Waals surface area (Å²) in [7, 11) is 0. The van der Waals surface area contributed by atoms with Gasteiger partial charge in [-0.25, -0.2) is 4.39 Å². The standard InChI is InChI=1S/C31H30FN3O3/c1-18(2)35-17-33-34-29(35)25-13-20(5-8-23(25)24-12-19(3)4-9-28(24)32)16-38-22-7-6-21-10-11-31(26(21)14-22)15-27(31)30(36)37/h4-9,12-14,17-18,27H,10-11,15-16H2,1-3H3,(H,36,37)/t27-,31-/m0/s1. The van der Waals surface area contributed by atoms with Crippen LogP contribution in [0.4, 0.5) is 4.39 Å². The third-order valence-electron chi connectivity index (χ3n) is 8.10. The quantitative estimate of drug-likeness (QED) is 0.306. The molecule has 1 heterocycles. The minimum Gasteiger partial charge on any atom is -0.489 e. The van der Waals surface area contributed by atoms with Gasteiger partial charge < -0.3 is 14.4 Å². The normalized spacial score (nSPS) is 19.7. The van der Waals surface area contributed by atoms with Gasteiger partial charge >= 0.3 is 5.97 Å². The summed E-state index contributed by atoms with van der Waals surface area (Å²) in [4.78, 5) is 11.6. The molecule has 2 aliphatic carbocycles. The Morgan fingerprint density at radius 1 is 1.13 bits per heavy atom. The molecular formula is C31H30FN3O3. The van der Waals surface area contributed by atoms with E-state index in [-0.39, 0.29) is 23.2 Å². The van der Waals surface area contributed by atoms with Gasteiger partial charge in [-0.3, -0.25) is 4.79 Å². The van der Waals surface area contributed by atoms with E-state index in [0.717, 1.165) is 46.4 Å². The van der Waals surface area contributed by atoms with Crippen molar-refractivity contribution < 1.29 is 19.0 Å². The van der Waals surface area contributed by atoms with Gasteiger partial charge in [-0.05, 0) is 92.6 Å². The van der Waals surface area contributed by atoms with Gasteiger partial charge in [0.25, 0.3) is 0 Å². The second kappa shape index (κ2) is 9.08. The van der Waals surface area contributed by atoms with Crippen molar-refractivity contribution in [2.75, 3.05) is 0 Å². The maximum absolute atomic E-state index is 15.0. The molecule has 0 unspecified atom stereocenters. The molecule has 0 saturated heterocycles. The Morgan fingerprint density at radius 3 is 2.74 bits per heavy atom. The maximum Gasteiger partial charge on any atom is 0.307 e. The van der Waals surface area contributed by atoms with Crippen LogP contribution < -0.4 is 4.74 Å². The predicted molar refractivity (Wildman–Crippen MR) is 142 cm³/mol. The number of rotatable bonds is 7. The fourth-order valence-corrected chi connectivity index (χ4v) is 5.95. The highest BCUT2D eigenvalue weighted by Crippen LogP contribution is 2.62. The number of halogens is 1.